The highest BCUT2D eigenvalue weighted by molar-refractivity contribution is 5.69. The van der Waals surface area contributed by atoms with Crippen LogP contribution in [0, 0.1) is 0 Å². The second kappa shape index (κ2) is 11.3. The van der Waals surface area contributed by atoms with E-state index < -0.39 is 0 Å². The maximum atomic E-state index is 11.1. The summed E-state index contributed by atoms with van der Waals surface area (Å²) in [7, 11) is 0. The van der Waals surface area contributed by atoms with Crippen molar-refractivity contribution in [1.29, 1.82) is 0 Å². The lowest BCUT2D eigenvalue weighted by Gasteiger charge is -2.00. The lowest BCUT2D eigenvalue weighted by molar-refractivity contribution is -0.138. The maximum absolute atomic E-state index is 11.1. The zero-order chi connectivity index (χ0) is 11.4. The van der Waals surface area contributed by atoms with E-state index in [0.29, 0.717) is 6.42 Å². The van der Waals surface area contributed by atoms with E-state index in [-0.39, 0.29) is 5.97 Å². The van der Waals surface area contributed by atoms with Gasteiger partial charge in [0.15, 0.2) is 0 Å². The molecule has 0 heterocycles. The second-order valence-corrected chi connectivity index (χ2v) is 3.79. The van der Waals surface area contributed by atoms with Gasteiger partial charge in [-0.25, -0.2) is 0 Å². The molecule has 0 saturated heterocycles. The quantitative estimate of drug-likeness (QED) is 0.325. The van der Waals surface area contributed by atoms with Crippen LogP contribution in [0.4, 0.5) is 0 Å². The minimum absolute atomic E-state index is 0.102. The van der Waals surface area contributed by atoms with Crippen LogP contribution >= 0.6 is 0 Å². The number of hydrogen-bond donors (Lipinski definition) is 0. The van der Waals surface area contributed by atoms with E-state index in [0.717, 1.165) is 19.3 Å². The topological polar surface area (TPSA) is 26.3 Å². The van der Waals surface area contributed by atoms with Gasteiger partial charge in [-0.05, 0) is 18.9 Å². The van der Waals surface area contributed by atoms with Gasteiger partial charge in [-0.2, -0.15) is 0 Å². The van der Waals surface area contributed by atoms with Crippen molar-refractivity contribution in [3.63, 3.8) is 0 Å². The summed E-state index contributed by atoms with van der Waals surface area (Å²) in [5, 5.41) is 0. The fourth-order valence-corrected chi connectivity index (χ4v) is 1.33. The number of carbonyl (C=O) groups excluding carboxylic acids is 1. The van der Waals surface area contributed by atoms with Gasteiger partial charge in [0.25, 0.3) is 0 Å². The van der Waals surface area contributed by atoms with Crippen LogP contribution in [0.5, 0.6) is 0 Å². The first kappa shape index (κ1) is 14.2. The molecule has 2 nitrogen and oxygen atoms in total. The molecule has 0 rings (SSSR count). The average Bonchev–Trinajstić information content (AvgIpc) is 2.23. The van der Waals surface area contributed by atoms with Crippen molar-refractivity contribution in [2.45, 2.75) is 65.2 Å². The van der Waals surface area contributed by atoms with Crippen molar-refractivity contribution in [2.24, 2.45) is 0 Å². The van der Waals surface area contributed by atoms with Crippen LogP contribution in [0.3, 0.4) is 0 Å². The largest absolute Gasteiger partial charge is 0.435 e. The molecule has 0 radical (unpaired) electrons. The van der Waals surface area contributed by atoms with Gasteiger partial charge in [0.1, 0.15) is 0 Å². The minimum Gasteiger partial charge on any atom is -0.435 e. The Bertz CT molecular complexity index is 173. The first-order chi connectivity index (χ1) is 7.31. The summed E-state index contributed by atoms with van der Waals surface area (Å²) in [6.45, 7) is 4.22. The molecule has 0 aliphatic heterocycles. The highest BCUT2D eigenvalue weighted by Crippen LogP contribution is 2.07. The fourth-order valence-electron chi connectivity index (χ4n) is 1.33. The van der Waals surface area contributed by atoms with Gasteiger partial charge in [0, 0.05) is 6.42 Å². The molecule has 2 heteroatoms. The van der Waals surface area contributed by atoms with E-state index in [4.69, 9.17) is 4.74 Å². The molecule has 0 N–H and O–H groups in total. The van der Waals surface area contributed by atoms with Gasteiger partial charge >= 0.3 is 5.97 Å². The average molecular weight is 212 g/mol. The monoisotopic (exact) mass is 212 g/mol. The van der Waals surface area contributed by atoms with Gasteiger partial charge in [0.05, 0.1) is 6.26 Å². The Labute approximate surface area is 93.7 Å². The predicted molar refractivity (Wildman–Crippen MR) is 63.5 cm³/mol. The number of rotatable bonds is 9. The lowest BCUT2D eigenvalue weighted by atomic mass is 10.1. The summed E-state index contributed by atoms with van der Waals surface area (Å²) in [4.78, 5) is 11.1. The van der Waals surface area contributed by atoms with Crippen molar-refractivity contribution in [3.05, 3.63) is 12.3 Å². The highest BCUT2D eigenvalue weighted by Gasteiger charge is 1.99. The Kier molecular flexibility index (Phi) is 10.7. The predicted octanol–water partition coefficient (Wildman–Crippen LogP) is 4.20. The molecular formula is C13H24O2. The molecule has 0 aromatic rings. The van der Waals surface area contributed by atoms with Gasteiger partial charge in [-0.1, -0.05) is 46.0 Å². The lowest BCUT2D eigenvalue weighted by Crippen LogP contribution is -1.98. The molecule has 0 aromatic carbocycles. The van der Waals surface area contributed by atoms with E-state index in [9.17, 15) is 4.79 Å². The van der Waals surface area contributed by atoms with E-state index >= 15 is 0 Å². The molecule has 0 bridgehead atoms. The Balaban J connectivity index is 3.20. The van der Waals surface area contributed by atoms with E-state index in [1.54, 1.807) is 0 Å². The molecule has 0 spiro atoms. The van der Waals surface area contributed by atoms with Crippen LogP contribution in [-0.4, -0.2) is 5.97 Å². The second-order valence-electron chi connectivity index (χ2n) is 3.79. The Hall–Kier alpha value is -0.790. The summed E-state index contributed by atoms with van der Waals surface area (Å²) in [5.41, 5.74) is 0. The third-order valence-corrected chi connectivity index (χ3v) is 2.27. The van der Waals surface area contributed by atoms with E-state index in [1.807, 2.05) is 13.0 Å². The molecule has 88 valence electrons. The zero-order valence-electron chi connectivity index (χ0n) is 10.1. The Morgan fingerprint density at radius 3 is 2.40 bits per heavy atom. The van der Waals surface area contributed by atoms with Crippen LogP contribution in [0.15, 0.2) is 12.3 Å². The molecule has 0 amide bonds. The molecule has 0 saturated carbocycles. The summed E-state index contributed by atoms with van der Waals surface area (Å²) in [6.07, 6.45) is 12.0. The third-order valence-electron chi connectivity index (χ3n) is 2.27. The first-order valence-corrected chi connectivity index (χ1v) is 6.15. The molecule has 0 aromatic heterocycles. The summed E-state index contributed by atoms with van der Waals surface area (Å²) in [5.74, 6) is -0.102. The smallest absolute Gasteiger partial charge is 0.310 e. The van der Waals surface area contributed by atoms with Crippen LogP contribution in [0.2, 0.25) is 0 Å². The van der Waals surface area contributed by atoms with E-state index in [2.05, 4.69) is 6.92 Å². The summed E-state index contributed by atoms with van der Waals surface area (Å²) < 4.78 is 4.89. The molecule has 0 aliphatic carbocycles. The Morgan fingerprint density at radius 1 is 1.07 bits per heavy atom. The SMILES string of the molecule is CCC=COC(=O)CCCCCCCC. The van der Waals surface area contributed by atoms with Crippen molar-refractivity contribution < 1.29 is 9.53 Å². The van der Waals surface area contributed by atoms with Gasteiger partial charge in [-0.15, -0.1) is 0 Å². The van der Waals surface area contributed by atoms with Crippen molar-refractivity contribution in [2.75, 3.05) is 0 Å². The molecule has 0 unspecified atom stereocenters. The minimum atomic E-state index is -0.102. The van der Waals surface area contributed by atoms with Crippen molar-refractivity contribution >= 4 is 5.97 Å². The van der Waals surface area contributed by atoms with Gasteiger partial charge in [-0.3, -0.25) is 4.79 Å². The molecule has 15 heavy (non-hydrogen) atoms. The van der Waals surface area contributed by atoms with E-state index in [1.165, 1.54) is 31.9 Å². The van der Waals surface area contributed by atoms with Crippen LogP contribution < -0.4 is 0 Å². The normalized spacial score (nSPS) is 10.8. The van der Waals surface area contributed by atoms with Crippen molar-refractivity contribution in [1.82, 2.24) is 0 Å². The number of carbonyl (C=O) groups is 1. The molecule has 0 atom stereocenters. The Morgan fingerprint density at radius 2 is 1.73 bits per heavy atom. The molecule has 0 fully saturated rings. The third kappa shape index (κ3) is 11.1. The summed E-state index contributed by atoms with van der Waals surface area (Å²) >= 11 is 0. The molecular weight excluding hydrogens is 188 g/mol. The fraction of sp³-hybridized carbons (Fsp3) is 0.769. The zero-order valence-corrected chi connectivity index (χ0v) is 10.1. The number of esters is 1. The highest BCUT2D eigenvalue weighted by atomic mass is 16.5. The van der Waals surface area contributed by atoms with Crippen LogP contribution in [-0.2, 0) is 9.53 Å². The summed E-state index contributed by atoms with van der Waals surface area (Å²) in [6, 6.07) is 0. The van der Waals surface area contributed by atoms with Crippen LogP contribution in [0.1, 0.15) is 65.2 Å². The number of hydrogen-bond acceptors (Lipinski definition) is 2. The standard InChI is InChI=1S/C13H24O2/c1-3-5-7-8-9-10-11-13(14)15-12-6-4-2/h6,12H,3-5,7-11H2,1-2H3. The van der Waals surface area contributed by atoms with Gasteiger partial charge < -0.3 is 4.74 Å². The molecule has 0 aliphatic rings. The number of allylic oxidation sites excluding steroid dienone is 1. The van der Waals surface area contributed by atoms with Crippen molar-refractivity contribution in [3.8, 4) is 0 Å². The first-order valence-electron chi connectivity index (χ1n) is 6.15. The van der Waals surface area contributed by atoms with Gasteiger partial charge in [0.2, 0.25) is 0 Å². The van der Waals surface area contributed by atoms with Crippen LogP contribution in [0.25, 0.3) is 0 Å². The number of ether oxygens (including phenoxy) is 1. The number of unbranched alkanes of at least 4 members (excludes halogenated alkanes) is 5. The maximum Gasteiger partial charge on any atom is 0.310 e.